The average Bonchev–Trinajstić information content (AvgIpc) is 3.43. The molecule has 0 aromatic carbocycles. The van der Waals surface area contributed by atoms with Crippen molar-refractivity contribution < 1.29 is 28.6 Å². The van der Waals surface area contributed by atoms with Crippen LogP contribution in [0.4, 0.5) is 0 Å². The Morgan fingerprint density at radius 2 is 0.468 bits per heavy atom. The summed E-state index contributed by atoms with van der Waals surface area (Å²) in [6.45, 7) is 6.31. The lowest BCUT2D eigenvalue weighted by Crippen LogP contribution is -2.30. The smallest absolute Gasteiger partial charge is 0.306 e. The molecular weight excluding hydrogens is 949 g/mol. The Morgan fingerprint density at radius 1 is 0.260 bits per heavy atom. The highest BCUT2D eigenvalue weighted by molar-refractivity contribution is 5.71. The number of allylic oxidation sites excluding steroid dienone is 20. The van der Waals surface area contributed by atoms with Gasteiger partial charge in [0.25, 0.3) is 0 Å². The molecule has 77 heavy (non-hydrogen) atoms. The number of unbranched alkanes of at least 4 members (excludes halogenated alkanes) is 26. The summed E-state index contributed by atoms with van der Waals surface area (Å²) in [7, 11) is 0. The van der Waals surface area contributed by atoms with E-state index in [1.165, 1.54) is 116 Å². The molecule has 0 saturated carbocycles. The predicted octanol–water partition coefficient (Wildman–Crippen LogP) is 22.0. The van der Waals surface area contributed by atoms with E-state index < -0.39 is 6.10 Å². The lowest BCUT2D eigenvalue weighted by atomic mass is 10.0. The number of hydrogen-bond acceptors (Lipinski definition) is 6. The average molecular weight is 1070 g/mol. The van der Waals surface area contributed by atoms with Crippen LogP contribution in [0.1, 0.15) is 290 Å². The first-order valence-corrected chi connectivity index (χ1v) is 32.0. The molecule has 0 aliphatic heterocycles. The van der Waals surface area contributed by atoms with Gasteiger partial charge in [-0.25, -0.2) is 0 Å². The Morgan fingerprint density at radius 3 is 0.727 bits per heavy atom. The molecule has 1 atom stereocenters. The van der Waals surface area contributed by atoms with Crippen molar-refractivity contribution in [1.29, 1.82) is 0 Å². The molecule has 6 nitrogen and oxygen atoms in total. The third-order valence-electron chi connectivity index (χ3n) is 13.4. The first-order valence-electron chi connectivity index (χ1n) is 32.0. The molecule has 0 heterocycles. The summed E-state index contributed by atoms with van der Waals surface area (Å²) in [5.41, 5.74) is 0. The van der Waals surface area contributed by atoms with E-state index >= 15 is 0 Å². The second-order valence-corrected chi connectivity index (χ2v) is 20.9. The molecule has 438 valence electrons. The highest BCUT2D eigenvalue weighted by atomic mass is 16.6. The molecule has 0 bridgehead atoms. The van der Waals surface area contributed by atoms with E-state index in [0.29, 0.717) is 19.3 Å². The van der Waals surface area contributed by atoms with Crippen LogP contribution in [-0.4, -0.2) is 37.2 Å². The number of rotatable bonds is 57. The fourth-order valence-corrected chi connectivity index (χ4v) is 8.76. The monoisotopic (exact) mass is 1070 g/mol. The SMILES string of the molecule is CC/C=C\C/C=C\C/C=C\C/C=C\CCCCCCCCCCCCCCC(=O)OCC(COC(=O)CCCCCCCCC/C=C\C/C=C\C/C=C\CC)OC(=O)CCCCCCCCC/C=C\C/C=C\C/C=C\CC. The van der Waals surface area contributed by atoms with Crippen LogP contribution in [0.25, 0.3) is 0 Å². The standard InChI is InChI=1S/C71H118O6/c1-4-7-10-13-16-19-22-25-28-31-32-33-34-35-36-37-38-41-43-46-49-52-55-58-61-64-70(73)76-67-68(77-71(74)65-62-59-56-53-50-47-44-40-30-27-24-21-18-15-12-9-6-3)66-75-69(72)63-60-57-54-51-48-45-42-39-29-26-23-20-17-14-11-8-5-2/h7-12,16-21,25-30,32-33,68H,4-6,13-15,22-24,31,34-67H2,1-3H3/b10-7-,11-8-,12-9-,19-16-,20-17-,21-18-,28-25-,29-26-,30-27-,33-32-. The molecule has 0 amide bonds. The number of hydrogen-bond donors (Lipinski definition) is 0. The summed E-state index contributed by atoms with van der Waals surface area (Å²) >= 11 is 0. The lowest BCUT2D eigenvalue weighted by Gasteiger charge is -2.18. The van der Waals surface area contributed by atoms with E-state index in [-0.39, 0.29) is 31.1 Å². The molecule has 0 N–H and O–H groups in total. The number of ether oxygens (including phenoxy) is 3. The first kappa shape index (κ1) is 72.8. The van der Waals surface area contributed by atoms with Gasteiger partial charge >= 0.3 is 17.9 Å². The van der Waals surface area contributed by atoms with Crippen molar-refractivity contribution >= 4 is 17.9 Å². The maximum absolute atomic E-state index is 12.9. The van der Waals surface area contributed by atoms with Gasteiger partial charge in [-0.1, -0.05) is 271 Å². The molecule has 0 radical (unpaired) electrons. The van der Waals surface area contributed by atoms with Crippen molar-refractivity contribution in [1.82, 2.24) is 0 Å². The summed E-state index contributed by atoms with van der Waals surface area (Å²) in [5, 5.41) is 0. The van der Waals surface area contributed by atoms with Crippen molar-refractivity contribution in [3.63, 3.8) is 0 Å². The van der Waals surface area contributed by atoms with Gasteiger partial charge in [-0.05, 0) is 122 Å². The molecule has 0 aliphatic rings. The van der Waals surface area contributed by atoms with Crippen LogP contribution in [0.15, 0.2) is 122 Å². The Bertz CT molecular complexity index is 1600. The molecule has 0 aromatic heterocycles. The Kier molecular flexibility index (Phi) is 60.8. The van der Waals surface area contributed by atoms with Crippen LogP contribution >= 0.6 is 0 Å². The van der Waals surface area contributed by atoms with E-state index in [0.717, 1.165) is 135 Å². The van der Waals surface area contributed by atoms with E-state index in [2.05, 4.69) is 142 Å². The lowest BCUT2D eigenvalue weighted by molar-refractivity contribution is -0.167. The van der Waals surface area contributed by atoms with Gasteiger partial charge in [-0.2, -0.15) is 0 Å². The molecular formula is C71H118O6. The van der Waals surface area contributed by atoms with Crippen LogP contribution in [0.3, 0.4) is 0 Å². The summed E-state index contributed by atoms with van der Waals surface area (Å²) < 4.78 is 16.9. The Labute approximate surface area is 475 Å². The van der Waals surface area contributed by atoms with Crippen molar-refractivity contribution in [2.75, 3.05) is 13.2 Å². The second kappa shape index (κ2) is 64.3. The van der Waals surface area contributed by atoms with Gasteiger partial charge in [-0.15, -0.1) is 0 Å². The van der Waals surface area contributed by atoms with Crippen molar-refractivity contribution in [2.24, 2.45) is 0 Å². The minimum absolute atomic E-state index is 0.0878. The van der Waals surface area contributed by atoms with Gasteiger partial charge in [0.2, 0.25) is 0 Å². The van der Waals surface area contributed by atoms with Crippen molar-refractivity contribution in [2.45, 2.75) is 297 Å². The highest BCUT2D eigenvalue weighted by Gasteiger charge is 2.19. The molecule has 1 unspecified atom stereocenters. The summed E-state index contributed by atoms with van der Waals surface area (Å²) in [6.07, 6.45) is 89.1. The minimum Gasteiger partial charge on any atom is -0.462 e. The third kappa shape index (κ3) is 62.5. The third-order valence-corrected chi connectivity index (χ3v) is 13.4. The second-order valence-electron chi connectivity index (χ2n) is 20.9. The summed E-state index contributed by atoms with van der Waals surface area (Å²) in [6, 6.07) is 0. The van der Waals surface area contributed by atoms with Crippen LogP contribution in [0.2, 0.25) is 0 Å². The van der Waals surface area contributed by atoms with Crippen LogP contribution < -0.4 is 0 Å². The highest BCUT2D eigenvalue weighted by Crippen LogP contribution is 2.16. The van der Waals surface area contributed by atoms with E-state index in [9.17, 15) is 14.4 Å². The van der Waals surface area contributed by atoms with E-state index in [4.69, 9.17) is 14.2 Å². The zero-order valence-electron chi connectivity index (χ0n) is 50.2. The predicted molar refractivity (Wildman–Crippen MR) is 334 cm³/mol. The molecule has 0 aromatic rings. The van der Waals surface area contributed by atoms with Crippen LogP contribution in [0, 0.1) is 0 Å². The minimum atomic E-state index is -0.793. The molecule has 0 aliphatic carbocycles. The first-order chi connectivity index (χ1) is 38.0. The summed E-state index contributed by atoms with van der Waals surface area (Å²) in [4.78, 5) is 38.4. The molecule has 0 rings (SSSR count). The Hall–Kier alpha value is -4.19. The van der Waals surface area contributed by atoms with Crippen LogP contribution in [-0.2, 0) is 28.6 Å². The van der Waals surface area contributed by atoms with Gasteiger partial charge in [0.1, 0.15) is 13.2 Å². The zero-order chi connectivity index (χ0) is 55.7. The van der Waals surface area contributed by atoms with Gasteiger partial charge in [0.05, 0.1) is 0 Å². The molecule has 0 spiro atoms. The maximum atomic E-state index is 12.9. The normalized spacial score (nSPS) is 12.9. The fraction of sp³-hybridized carbons (Fsp3) is 0.676. The number of carbonyl (C=O) groups excluding carboxylic acids is 3. The van der Waals surface area contributed by atoms with E-state index in [1.807, 2.05) is 0 Å². The van der Waals surface area contributed by atoms with Gasteiger partial charge < -0.3 is 14.2 Å². The topological polar surface area (TPSA) is 78.9 Å². The molecule has 0 fully saturated rings. The summed E-state index contributed by atoms with van der Waals surface area (Å²) in [5.74, 6) is -0.904. The number of esters is 3. The van der Waals surface area contributed by atoms with Gasteiger partial charge in [-0.3, -0.25) is 14.4 Å². The van der Waals surface area contributed by atoms with Gasteiger partial charge in [0.15, 0.2) is 6.10 Å². The Balaban J connectivity index is 4.37. The van der Waals surface area contributed by atoms with E-state index in [1.54, 1.807) is 0 Å². The largest absolute Gasteiger partial charge is 0.462 e. The van der Waals surface area contributed by atoms with Crippen LogP contribution in [0.5, 0.6) is 0 Å². The molecule has 6 heteroatoms. The van der Waals surface area contributed by atoms with Crippen molar-refractivity contribution in [3.05, 3.63) is 122 Å². The van der Waals surface area contributed by atoms with Gasteiger partial charge in [0, 0.05) is 19.3 Å². The quantitative estimate of drug-likeness (QED) is 0.0261. The maximum Gasteiger partial charge on any atom is 0.306 e. The zero-order valence-corrected chi connectivity index (χ0v) is 50.2. The fourth-order valence-electron chi connectivity index (χ4n) is 8.76. The van der Waals surface area contributed by atoms with Crippen molar-refractivity contribution in [3.8, 4) is 0 Å². The number of carbonyl (C=O) groups is 3. The molecule has 0 saturated heterocycles.